The second-order valence-electron chi connectivity index (χ2n) is 17.0. The molecule has 0 spiro atoms. The zero-order chi connectivity index (χ0) is 46.3. The number of hydrogen-bond acceptors (Lipinski definition) is 5. The van der Waals surface area contributed by atoms with E-state index in [-0.39, 0.29) is 25.2 Å². The van der Waals surface area contributed by atoms with Gasteiger partial charge in [-0.1, -0.05) is 207 Å². The van der Waals surface area contributed by atoms with E-state index in [4.69, 9.17) is 14.2 Å². The van der Waals surface area contributed by atoms with Crippen LogP contribution in [-0.2, 0) is 23.8 Å². The Morgan fingerprint density at radius 2 is 0.656 bits per heavy atom. The Kier molecular flexibility index (Phi) is 51.0. The fraction of sp³-hybridized carbons (Fsp3) is 0.661. The van der Waals surface area contributed by atoms with Gasteiger partial charge in [-0.05, 0) is 116 Å². The lowest BCUT2D eigenvalue weighted by Crippen LogP contribution is -2.30. The summed E-state index contributed by atoms with van der Waals surface area (Å²) >= 11 is 0. The third-order valence-corrected chi connectivity index (χ3v) is 10.8. The first-order valence-corrected chi connectivity index (χ1v) is 26.4. The van der Waals surface area contributed by atoms with Gasteiger partial charge in [0.1, 0.15) is 6.61 Å². The van der Waals surface area contributed by atoms with E-state index in [2.05, 4.69) is 130 Å². The fourth-order valence-corrected chi connectivity index (χ4v) is 6.96. The molecule has 0 saturated heterocycles. The van der Waals surface area contributed by atoms with E-state index in [1.165, 1.54) is 70.6 Å². The third-order valence-electron chi connectivity index (χ3n) is 10.8. The van der Waals surface area contributed by atoms with Crippen LogP contribution in [0.5, 0.6) is 0 Å². The summed E-state index contributed by atoms with van der Waals surface area (Å²) in [6.07, 6.45) is 73.9. The Bertz CT molecular complexity index is 1280. The molecule has 0 aromatic rings. The maximum atomic E-state index is 12.8. The van der Waals surface area contributed by atoms with E-state index in [0.717, 1.165) is 122 Å². The van der Waals surface area contributed by atoms with Crippen LogP contribution in [-0.4, -0.2) is 37.9 Å². The molecule has 0 aliphatic heterocycles. The first kappa shape index (κ1) is 60.6. The number of unbranched alkanes of at least 4 members (excludes halogenated alkanes) is 18. The van der Waals surface area contributed by atoms with Crippen LogP contribution in [0.15, 0.2) is 109 Å². The van der Waals surface area contributed by atoms with E-state index in [9.17, 15) is 9.59 Å². The summed E-state index contributed by atoms with van der Waals surface area (Å²) in [5, 5.41) is 0. The number of rotatable bonds is 47. The summed E-state index contributed by atoms with van der Waals surface area (Å²) in [7, 11) is 0. The Morgan fingerprint density at radius 1 is 0.344 bits per heavy atom. The first-order valence-electron chi connectivity index (χ1n) is 26.4. The molecule has 0 fully saturated rings. The molecule has 0 saturated carbocycles. The minimum Gasteiger partial charge on any atom is -0.462 e. The minimum atomic E-state index is -0.566. The summed E-state index contributed by atoms with van der Waals surface area (Å²) in [6, 6.07) is 0. The maximum Gasteiger partial charge on any atom is 0.306 e. The van der Waals surface area contributed by atoms with Crippen LogP contribution in [0.3, 0.4) is 0 Å². The van der Waals surface area contributed by atoms with Crippen LogP contribution < -0.4 is 0 Å². The fourth-order valence-electron chi connectivity index (χ4n) is 6.96. The zero-order valence-corrected chi connectivity index (χ0v) is 41.8. The highest BCUT2D eigenvalue weighted by atomic mass is 16.6. The van der Waals surface area contributed by atoms with Gasteiger partial charge in [0.25, 0.3) is 0 Å². The SMILES string of the molecule is CC/C=C\C/C=C\C/C=C\CCCCCCCCCCOCC(COC(=O)CCCCCCCCC/C=C\C/C=C\C/C=C\CC)OC(=O)CCCCC/C=C\C/C=C\C/C=C\CC. The molecule has 1 unspecified atom stereocenters. The minimum absolute atomic E-state index is 0.0590. The second-order valence-corrected chi connectivity index (χ2v) is 17.0. The van der Waals surface area contributed by atoms with Crippen LogP contribution in [0.2, 0.25) is 0 Å². The van der Waals surface area contributed by atoms with Crippen LogP contribution >= 0.6 is 0 Å². The van der Waals surface area contributed by atoms with Gasteiger partial charge in [0.05, 0.1) is 6.61 Å². The van der Waals surface area contributed by atoms with Crippen molar-refractivity contribution in [3.63, 3.8) is 0 Å². The Balaban J connectivity index is 4.33. The van der Waals surface area contributed by atoms with Gasteiger partial charge < -0.3 is 14.2 Å². The predicted octanol–water partition coefficient (Wildman–Crippen LogP) is 18.0. The molecule has 1 atom stereocenters. The first-order chi connectivity index (χ1) is 31.6. The number of hydrogen-bond donors (Lipinski definition) is 0. The van der Waals surface area contributed by atoms with Crippen LogP contribution in [0.1, 0.15) is 226 Å². The van der Waals surface area contributed by atoms with Crippen molar-refractivity contribution in [2.24, 2.45) is 0 Å². The summed E-state index contributed by atoms with van der Waals surface area (Å²) in [5.41, 5.74) is 0. The van der Waals surface area contributed by atoms with Crippen molar-refractivity contribution in [2.45, 2.75) is 232 Å². The molecule has 5 nitrogen and oxygen atoms in total. The topological polar surface area (TPSA) is 61.8 Å². The zero-order valence-electron chi connectivity index (χ0n) is 41.8. The third kappa shape index (κ3) is 51.2. The number of esters is 2. The van der Waals surface area contributed by atoms with Crippen molar-refractivity contribution in [3.8, 4) is 0 Å². The molecular weight excluding hydrogens is 789 g/mol. The standard InChI is InChI=1S/C59H98O5/c1-4-7-10-13-16-19-22-25-27-29-31-33-36-39-42-45-48-51-54-62-55-57(64-59(61)53-50-47-44-41-38-34-24-21-18-15-12-9-6-3)56-63-58(60)52-49-46-43-40-37-35-32-30-28-26-23-20-17-14-11-8-5-2/h7-12,16-21,25-28,34,38,57H,4-6,13-15,22-24,29-33,35-37,39-56H2,1-3H3/b10-7-,11-8-,12-9-,19-16-,20-17-,21-18-,27-25-,28-26-,38-34-. The Labute approximate surface area is 395 Å². The molecular formula is C59H98O5. The Morgan fingerprint density at radius 3 is 1.06 bits per heavy atom. The summed E-state index contributed by atoms with van der Waals surface area (Å²) in [6.45, 7) is 7.43. The van der Waals surface area contributed by atoms with Gasteiger partial charge in [0, 0.05) is 19.4 Å². The van der Waals surface area contributed by atoms with Gasteiger partial charge in [-0.2, -0.15) is 0 Å². The summed E-state index contributed by atoms with van der Waals surface area (Å²) < 4.78 is 17.4. The van der Waals surface area contributed by atoms with E-state index in [1.54, 1.807) is 0 Å². The molecule has 0 aliphatic carbocycles. The van der Waals surface area contributed by atoms with E-state index < -0.39 is 6.10 Å². The van der Waals surface area contributed by atoms with Crippen molar-refractivity contribution < 1.29 is 23.8 Å². The highest BCUT2D eigenvalue weighted by molar-refractivity contribution is 5.70. The molecule has 0 rings (SSSR count). The van der Waals surface area contributed by atoms with Gasteiger partial charge in [0.15, 0.2) is 6.10 Å². The lowest BCUT2D eigenvalue weighted by molar-refractivity contribution is -0.163. The molecule has 0 heterocycles. The molecule has 0 amide bonds. The molecule has 364 valence electrons. The molecule has 0 aromatic carbocycles. The largest absolute Gasteiger partial charge is 0.462 e. The average molecular weight is 887 g/mol. The summed E-state index contributed by atoms with van der Waals surface area (Å²) in [5.74, 6) is -0.451. The second kappa shape index (κ2) is 53.9. The predicted molar refractivity (Wildman–Crippen MR) is 279 cm³/mol. The van der Waals surface area contributed by atoms with E-state index in [1.807, 2.05) is 0 Å². The number of carbonyl (C=O) groups excluding carboxylic acids is 2. The van der Waals surface area contributed by atoms with Crippen molar-refractivity contribution in [2.75, 3.05) is 19.8 Å². The van der Waals surface area contributed by atoms with Crippen LogP contribution in [0, 0.1) is 0 Å². The monoisotopic (exact) mass is 887 g/mol. The van der Waals surface area contributed by atoms with Crippen molar-refractivity contribution >= 4 is 11.9 Å². The van der Waals surface area contributed by atoms with Crippen molar-refractivity contribution in [3.05, 3.63) is 109 Å². The normalized spacial score (nSPS) is 13.1. The molecule has 0 radical (unpaired) electrons. The van der Waals surface area contributed by atoms with Gasteiger partial charge in [-0.3, -0.25) is 9.59 Å². The van der Waals surface area contributed by atoms with Crippen LogP contribution in [0.25, 0.3) is 0 Å². The average Bonchev–Trinajstić information content (AvgIpc) is 3.30. The smallest absolute Gasteiger partial charge is 0.306 e. The summed E-state index contributed by atoms with van der Waals surface area (Å²) in [4.78, 5) is 25.4. The molecule has 5 heteroatoms. The van der Waals surface area contributed by atoms with Gasteiger partial charge in [-0.15, -0.1) is 0 Å². The quantitative estimate of drug-likeness (QED) is 0.0346. The molecule has 0 N–H and O–H groups in total. The molecule has 64 heavy (non-hydrogen) atoms. The number of allylic oxidation sites excluding steroid dienone is 18. The number of carbonyl (C=O) groups is 2. The highest BCUT2D eigenvalue weighted by Crippen LogP contribution is 2.13. The van der Waals surface area contributed by atoms with Gasteiger partial charge in [-0.25, -0.2) is 0 Å². The Hall–Kier alpha value is -3.44. The lowest BCUT2D eigenvalue weighted by atomic mass is 10.1. The van der Waals surface area contributed by atoms with Gasteiger partial charge in [0.2, 0.25) is 0 Å². The maximum absolute atomic E-state index is 12.8. The molecule has 0 aliphatic rings. The van der Waals surface area contributed by atoms with Crippen LogP contribution in [0.4, 0.5) is 0 Å². The van der Waals surface area contributed by atoms with E-state index in [0.29, 0.717) is 19.4 Å². The van der Waals surface area contributed by atoms with E-state index >= 15 is 0 Å². The number of ether oxygens (including phenoxy) is 3. The molecule has 0 bridgehead atoms. The lowest BCUT2D eigenvalue weighted by Gasteiger charge is -2.18. The highest BCUT2D eigenvalue weighted by Gasteiger charge is 2.17. The van der Waals surface area contributed by atoms with Gasteiger partial charge >= 0.3 is 11.9 Å². The van der Waals surface area contributed by atoms with Crippen molar-refractivity contribution in [1.82, 2.24) is 0 Å². The molecule has 0 aromatic heterocycles. The van der Waals surface area contributed by atoms with Crippen molar-refractivity contribution in [1.29, 1.82) is 0 Å².